The van der Waals surface area contributed by atoms with Gasteiger partial charge in [0.2, 0.25) is 11.3 Å². The van der Waals surface area contributed by atoms with Gasteiger partial charge in [0, 0.05) is 29.3 Å². The van der Waals surface area contributed by atoms with Crippen LogP contribution >= 0.6 is 11.3 Å². The maximum atomic E-state index is 14.7. The lowest BCUT2D eigenvalue weighted by atomic mass is 9.94. The lowest BCUT2D eigenvalue weighted by Gasteiger charge is -2.32. The number of aromatic nitrogens is 1. The van der Waals surface area contributed by atoms with E-state index in [4.69, 9.17) is 0 Å². The quantitative estimate of drug-likeness (QED) is 0.570. The highest BCUT2D eigenvalue weighted by Gasteiger charge is 2.43. The van der Waals surface area contributed by atoms with E-state index in [2.05, 4.69) is 15.2 Å². The van der Waals surface area contributed by atoms with Crippen LogP contribution in [0.4, 0.5) is 15.2 Å². The van der Waals surface area contributed by atoms with Crippen LogP contribution in [0.15, 0.2) is 34.7 Å². The first-order valence-electron chi connectivity index (χ1n) is 9.09. The third-order valence-corrected chi connectivity index (χ3v) is 8.06. The van der Waals surface area contributed by atoms with Crippen molar-refractivity contribution in [2.45, 2.75) is 36.1 Å². The minimum atomic E-state index is -4.36. The average Bonchev–Trinajstić information content (AvgIpc) is 3.37. The third-order valence-electron chi connectivity index (χ3n) is 5.57. The summed E-state index contributed by atoms with van der Waals surface area (Å²) in [5.74, 6) is -0.894. The number of fused-ring (bicyclic) bond motifs is 1. The molecule has 2 aliphatic heterocycles. The van der Waals surface area contributed by atoms with Gasteiger partial charge in [-0.15, -0.1) is 15.6 Å². The van der Waals surface area contributed by atoms with Crippen LogP contribution in [0.5, 0.6) is 0 Å². The first-order chi connectivity index (χ1) is 13.5. The van der Waals surface area contributed by atoms with Gasteiger partial charge in [0.15, 0.2) is 0 Å². The van der Waals surface area contributed by atoms with Crippen LogP contribution in [0.3, 0.4) is 0 Å². The number of hydrogen-bond donors (Lipinski definition) is 1. The number of hydrogen-bond acceptors (Lipinski definition) is 7. The zero-order valence-corrected chi connectivity index (χ0v) is 16.8. The molecule has 148 valence electrons. The van der Waals surface area contributed by atoms with Gasteiger partial charge in [-0.3, -0.25) is 4.90 Å². The number of thiazole rings is 1. The Morgan fingerprint density at radius 1 is 1.36 bits per heavy atom. The Bertz CT molecular complexity index is 993. The number of benzene rings is 1. The minimum Gasteiger partial charge on any atom is -0.383 e. The zero-order valence-electron chi connectivity index (χ0n) is 15.1. The molecule has 1 aromatic carbocycles. The molecule has 2 aromatic rings. The van der Waals surface area contributed by atoms with Gasteiger partial charge < -0.3 is 5.32 Å². The number of rotatable bonds is 6. The lowest BCUT2D eigenvalue weighted by Crippen LogP contribution is -2.44. The first-order valence-corrected chi connectivity index (χ1v) is 11.4. The minimum absolute atomic E-state index is 0.0224. The fourth-order valence-electron chi connectivity index (χ4n) is 4.21. The molecule has 0 unspecified atom stereocenters. The third kappa shape index (κ3) is 3.23. The van der Waals surface area contributed by atoms with E-state index < -0.39 is 20.7 Å². The summed E-state index contributed by atoms with van der Waals surface area (Å²) in [6, 6.07) is 3.91. The molecule has 1 aromatic heterocycles. The van der Waals surface area contributed by atoms with E-state index >= 15 is 0 Å². The molecule has 28 heavy (non-hydrogen) atoms. The van der Waals surface area contributed by atoms with Gasteiger partial charge in [0.05, 0.1) is 0 Å². The molecule has 0 aliphatic carbocycles. The number of nitrogens with one attached hydrogen (secondary N) is 1. The zero-order chi connectivity index (χ0) is 19.8. The molecule has 0 amide bonds. The van der Waals surface area contributed by atoms with Crippen molar-refractivity contribution in [1.29, 1.82) is 5.26 Å². The van der Waals surface area contributed by atoms with Crippen LogP contribution in [0.25, 0.3) is 0 Å². The maximum absolute atomic E-state index is 14.7. The number of nitriles is 1. The summed E-state index contributed by atoms with van der Waals surface area (Å²) >= 11 is 0.990. The van der Waals surface area contributed by atoms with E-state index in [9.17, 15) is 18.1 Å². The first kappa shape index (κ1) is 19.1. The van der Waals surface area contributed by atoms with E-state index in [1.54, 1.807) is 11.6 Å². The topological polar surface area (TPSA) is 89.3 Å². The number of halogens is 1. The van der Waals surface area contributed by atoms with Crippen LogP contribution in [0.2, 0.25) is 0 Å². The van der Waals surface area contributed by atoms with Crippen molar-refractivity contribution >= 4 is 32.2 Å². The number of nitrogens with zero attached hydrogens (tertiary/aromatic N) is 4. The molecule has 0 atom stereocenters. The Labute approximate surface area is 167 Å². The molecule has 2 fully saturated rings. The number of sulfonamides is 1. The van der Waals surface area contributed by atoms with Crippen LogP contribution in [0.1, 0.15) is 25.7 Å². The van der Waals surface area contributed by atoms with Crippen LogP contribution in [0, 0.1) is 17.3 Å². The van der Waals surface area contributed by atoms with Gasteiger partial charge >= 0.3 is 0 Å². The molecule has 2 aliphatic rings. The molecular weight excluding hydrogens is 401 g/mol. The molecule has 1 N–H and O–H groups in total. The fraction of sp³-hybridized carbons (Fsp3) is 0.444. The molecule has 0 radical (unpaired) electrons. The van der Waals surface area contributed by atoms with Gasteiger partial charge in [-0.05, 0) is 57.0 Å². The molecular formula is C18H20FN5O2S2. The molecule has 0 spiro atoms. The van der Waals surface area contributed by atoms with Gasteiger partial charge in [0.25, 0.3) is 10.0 Å². The monoisotopic (exact) mass is 421 g/mol. The van der Waals surface area contributed by atoms with Gasteiger partial charge in [0.1, 0.15) is 10.7 Å². The van der Waals surface area contributed by atoms with Crippen molar-refractivity contribution in [3.63, 3.8) is 0 Å². The number of anilines is 2. The van der Waals surface area contributed by atoms with Crippen LogP contribution in [-0.2, 0) is 10.0 Å². The second-order valence-corrected chi connectivity index (χ2v) is 9.73. The highest BCUT2D eigenvalue weighted by Crippen LogP contribution is 2.39. The largest absolute Gasteiger partial charge is 0.383 e. The summed E-state index contributed by atoms with van der Waals surface area (Å²) in [4.78, 5) is 5.78. The Kier molecular flexibility index (Phi) is 4.99. The highest BCUT2D eigenvalue weighted by molar-refractivity contribution is 7.93. The summed E-state index contributed by atoms with van der Waals surface area (Å²) in [6.07, 6.45) is 7.56. The van der Waals surface area contributed by atoms with Crippen molar-refractivity contribution in [3.8, 4) is 6.19 Å². The van der Waals surface area contributed by atoms with E-state index in [0.29, 0.717) is 16.5 Å². The highest BCUT2D eigenvalue weighted by atomic mass is 32.2. The summed E-state index contributed by atoms with van der Waals surface area (Å²) in [5.41, 5.74) is 0.659. The molecule has 0 saturated carbocycles. The van der Waals surface area contributed by atoms with Crippen molar-refractivity contribution in [2.75, 3.05) is 29.3 Å². The standard InChI is InChI=1S/C18H20FN5O2S2/c19-15-11-14(22-12-18-5-1-8-23(18)9-2-6-18)3-4-16(15)28(25,26)24(13-20)17-21-7-10-27-17/h3-4,7,10-11,22H,1-2,5-6,8-9,12H2. The Morgan fingerprint density at radius 3 is 2.71 bits per heavy atom. The van der Waals surface area contributed by atoms with Crippen molar-refractivity contribution in [2.24, 2.45) is 0 Å². The van der Waals surface area contributed by atoms with E-state index in [1.807, 2.05) is 0 Å². The molecule has 3 heterocycles. The van der Waals surface area contributed by atoms with Crippen LogP contribution < -0.4 is 9.62 Å². The van der Waals surface area contributed by atoms with Crippen molar-refractivity contribution in [1.82, 2.24) is 9.88 Å². The summed E-state index contributed by atoms with van der Waals surface area (Å²) < 4.78 is 40.5. The van der Waals surface area contributed by atoms with E-state index in [-0.39, 0.29) is 10.7 Å². The Hall–Kier alpha value is -2.22. The van der Waals surface area contributed by atoms with E-state index in [1.165, 1.54) is 37.2 Å². The van der Waals surface area contributed by atoms with E-state index in [0.717, 1.165) is 37.3 Å². The summed E-state index contributed by atoms with van der Waals surface area (Å²) in [5, 5.41) is 14.1. The smallest absolute Gasteiger partial charge is 0.281 e. The molecule has 4 rings (SSSR count). The molecule has 7 nitrogen and oxygen atoms in total. The summed E-state index contributed by atoms with van der Waals surface area (Å²) in [7, 11) is -4.36. The van der Waals surface area contributed by atoms with Crippen molar-refractivity contribution < 1.29 is 12.8 Å². The lowest BCUT2D eigenvalue weighted by molar-refractivity contribution is 0.209. The Morgan fingerprint density at radius 2 is 2.11 bits per heavy atom. The molecule has 0 bridgehead atoms. The van der Waals surface area contributed by atoms with Gasteiger partial charge in [-0.25, -0.2) is 9.37 Å². The second-order valence-electron chi connectivity index (χ2n) is 7.10. The maximum Gasteiger partial charge on any atom is 0.281 e. The Balaban J connectivity index is 1.54. The van der Waals surface area contributed by atoms with Gasteiger partial charge in [-0.1, -0.05) is 0 Å². The summed E-state index contributed by atoms with van der Waals surface area (Å²) in [6.45, 7) is 2.92. The van der Waals surface area contributed by atoms with Crippen LogP contribution in [-0.4, -0.2) is 43.5 Å². The fourth-order valence-corrected chi connectivity index (χ4v) is 6.24. The van der Waals surface area contributed by atoms with Gasteiger partial charge in [-0.2, -0.15) is 13.7 Å². The second kappa shape index (κ2) is 7.31. The predicted molar refractivity (Wildman–Crippen MR) is 105 cm³/mol. The SMILES string of the molecule is N#CN(c1nccs1)S(=O)(=O)c1ccc(NCC23CCCN2CCC3)cc1F. The normalized spacial score (nSPS) is 18.6. The average molecular weight is 422 g/mol. The molecule has 2 saturated heterocycles. The molecule has 10 heteroatoms. The van der Waals surface area contributed by atoms with Crippen molar-refractivity contribution in [3.05, 3.63) is 35.6 Å². The predicted octanol–water partition coefficient (Wildman–Crippen LogP) is 3.00.